The van der Waals surface area contributed by atoms with Gasteiger partial charge < -0.3 is 9.15 Å². The number of amides is 2. The predicted octanol–water partition coefficient (Wildman–Crippen LogP) is 2.53. The number of hydrogen-bond donors (Lipinski definition) is 2. The van der Waals surface area contributed by atoms with Crippen LogP contribution in [0.4, 0.5) is 4.39 Å². The topological polar surface area (TPSA) is 118 Å². The van der Waals surface area contributed by atoms with Gasteiger partial charge in [0.2, 0.25) is 10.0 Å². The minimum Gasteiger partial charge on any atom is -0.478 e. The van der Waals surface area contributed by atoms with Gasteiger partial charge in [-0.1, -0.05) is 29.8 Å². The maximum absolute atomic E-state index is 13.7. The number of aryl methyl sites for hydroxylation is 1. The van der Waals surface area contributed by atoms with E-state index < -0.39 is 40.3 Å². The zero-order chi connectivity index (χ0) is 24.7. The number of furan rings is 1. The molecule has 0 saturated carbocycles. The summed E-state index contributed by atoms with van der Waals surface area (Å²) in [6.45, 7) is 2.40. The zero-order valence-corrected chi connectivity index (χ0v) is 19.3. The van der Waals surface area contributed by atoms with Crippen molar-refractivity contribution in [3.8, 4) is 5.75 Å². The molecule has 2 N–H and O–H groups in total. The molecule has 0 aliphatic heterocycles. The van der Waals surface area contributed by atoms with Crippen molar-refractivity contribution in [1.29, 1.82) is 0 Å². The highest BCUT2D eigenvalue weighted by Crippen LogP contribution is 2.19. The van der Waals surface area contributed by atoms with Gasteiger partial charge in [-0.05, 0) is 50.2 Å². The molecule has 2 aromatic carbocycles. The van der Waals surface area contributed by atoms with Gasteiger partial charge in [-0.2, -0.15) is 4.31 Å². The molecule has 1 unspecified atom stereocenters. The highest BCUT2D eigenvalue weighted by Gasteiger charge is 2.28. The lowest BCUT2D eigenvalue weighted by Gasteiger charge is -2.21. The number of carbonyl (C=O) groups is 2. The van der Waals surface area contributed by atoms with Crippen LogP contribution in [0.3, 0.4) is 0 Å². The van der Waals surface area contributed by atoms with Crippen molar-refractivity contribution in [1.82, 2.24) is 15.2 Å². The molecule has 2 amide bonds. The van der Waals surface area contributed by atoms with Crippen LogP contribution in [0, 0.1) is 12.7 Å². The molecule has 0 fully saturated rings. The fourth-order valence-electron chi connectivity index (χ4n) is 2.88. The van der Waals surface area contributed by atoms with Crippen molar-refractivity contribution in [3.05, 3.63) is 84.1 Å². The smallest absolute Gasteiger partial charge is 0.279 e. The van der Waals surface area contributed by atoms with Gasteiger partial charge in [0.25, 0.3) is 11.8 Å². The second-order valence-corrected chi connectivity index (χ2v) is 9.33. The number of benzene rings is 2. The van der Waals surface area contributed by atoms with Gasteiger partial charge in [-0.3, -0.25) is 20.4 Å². The number of ether oxygens (including phenoxy) is 1. The molecule has 1 heterocycles. The third kappa shape index (κ3) is 6.42. The van der Waals surface area contributed by atoms with Gasteiger partial charge in [0.15, 0.2) is 17.7 Å². The minimum atomic E-state index is -4.06. The highest BCUT2D eigenvalue weighted by atomic mass is 32.2. The van der Waals surface area contributed by atoms with Crippen molar-refractivity contribution in [2.75, 3.05) is 6.54 Å². The molecule has 0 radical (unpaired) electrons. The number of sulfonamides is 1. The largest absolute Gasteiger partial charge is 0.478 e. The maximum Gasteiger partial charge on any atom is 0.279 e. The zero-order valence-electron chi connectivity index (χ0n) is 18.5. The third-order valence-corrected chi connectivity index (χ3v) is 6.53. The molecular formula is C23H24FN3O6S. The van der Waals surface area contributed by atoms with Crippen LogP contribution in [0.1, 0.15) is 18.2 Å². The van der Waals surface area contributed by atoms with E-state index >= 15 is 0 Å². The van der Waals surface area contributed by atoms with E-state index in [4.69, 9.17) is 9.15 Å². The number of nitrogens with zero attached hydrogens (tertiary/aromatic N) is 1. The van der Waals surface area contributed by atoms with Crippen molar-refractivity contribution in [2.45, 2.75) is 31.4 Å². The molecule has 3 aromatic rings. The molecule has 34 heavy (non-hydrogen) atoms. The van der Waals surface area contributed by atoms with E-state index in [-0.39, 0.29) is 17.2 Å². The first kappa shape index (κ1) is 24.9. The van der Waals surface area contributed by atoms with E-state index in [1.54, 1.807) is 30.3 Å². The standard InChI is InChI=1S/C23H24FN3O6S/c1-16-9-11-19(12-10-16)34(30,31)27(14-18-6-5-13-32-18)15-22(28)25-26-23(29)17(2)33-21-8-4-3-7-20(21)24/h3-13,17H,14-15H2,1-2H3,(H,25,28)(H,26,29). The van der Waals surface area contributed by atoms with Crippen LogP contribution in [0.25, 0.3) is 0 Å². The summed E-state index contributed by atoms with van der Waals surface area (Å²) in [7, 11) is -4.06. The fraction of sp³-hybridized carbons (Fsp3) is 0.217. The van der Waals surface area contributed by atoms with Crippen LogP contribution in [0.15, 0.2) is 76.2 Å². The van der Waals surface area contributed by atoms with Gasteiger partial charge in [-0.15, -0.1) is 0 Å². The summed E-state index contributed by atoms with van der Waals surface area (Å²) in [5.74, 6) is -1.98. The van der Waals surface area contributed by atoms with E-state index in [0.29, 0.717) is 5.76 Å². The summed E-state index contributed by atoms with van der Waals surface area (Å²) < 4.78 is 51.4. The Morgan fingerprint density at radius 3 is 2.41 bits per heavy atom. The van der Waals surface area contributed by atoms with Gasteiger partial charge in [0, 0.05) is 0 Å². The maximum atomic E-state index is 13.7. The van der Waals surface area contributed by atoms with Gasteiger partial charge in [-0.25, -0.2) is 12.8 Å². The second kappa shape index (κ2) is 10.9. The molecule has 0 aliphatic carbocycles. The minimum absolute atomic E-state index is 0.00778. The summed E-state index contributed by atoms with van der Waals surface area (Å²) in [6.07, 6.45) is 0.260. The lowest BCUT2D eigenvalue weighted by molar-refractivity contribution is -0.132. The van der Waals surface area contributed by atoms with Crippen LogP contribution in [-0.4, -0.2) is 37.2 Å². The molecule has 3 rings (SSSR count). The Kier molecular flexibility index (Phi) is 8.03. The number of rotatable bonds is 9. The molecule has 11 heteroatoms. The highest BCUT2D eigenvalue weighted by molar-refractivity contribution is 7.89. The SMILES string of the molecule is Cc1ccc(S(=O)(=O)N(CC(=O)NNC(=O)C(C)Oc2ccccc2F)Cc2ccco2)cc1. The molecule has 0 spiro atoms. The van der Waals surface area contributed by atoms with Crippen LogP contribution >= 0.6 is 0 Å². The van der Waals surface area contributed by atoms with E-state index in [1.807, 2.05) is 6.92 Å². The average molecular weight is 490 g/mol. The molecule has 0 saturated heterocycles. The summed E-state index contributed by atoms with van der Waals surface area (Å²) in [5, 5.41) is 0. The Bertz CT molecular complexity index is 1230. The molecular weight excluding hydrogens is 465 g/mol. The Balaban J connectivity index is 1.65. The molecule has 9 nitrogen and oxygen atoms in total. The lowest BCUT2D eigenvalue weighted by Crippen LogP contribution is -2.50. The molecule has 1 aromatic heterocycles. The molecule has 180 valence electrons. The van der Waals surface area contributed by atoms with Crippen LogP contribution in [0.5, 0.6) is 5.75 Å². The van der Waals surface area contributed by atoms with Crippen molar-refractivity contribution in [3.63, 3.8) is 0 Å². The quantitative estimate of drug-likeness (QED) is 0.446. The first-order valence-corrected chi connectivity index (χ1v) is 11.7. The third-order valence-electron chi connectivity index (χ3n) is 4.73. The monoisotopic (exact) mass is 489 g/mol. The predicted molar refractivity (Wildman–Crippen MR) is 120 cm³/mol. The molecule has 0 aliphatic rings. The van der Waals surface area contributed by atoms with Crippen molar-refractivity contribution < 1.29 is 31.6 Å². The van der Waals surface area contributed by atoms with E-state index in [0.717, 1.165) is 9.87 Å². The van der Waals surface area contributed by atoms with Crippen LogP contribution in [-0.2, 0) is 26.2 Å². The lowest BCUT2D eigenvalue weighted by atomic mass is 10.2. The Labute approximate surface area is 196 Å². The Hall–Kier alpha value is -3.70. The number of para-hydroxylation sites is 1. The summed E-state index contributed by atoms with van der Waals surface area (Å²) in [6, 6.07) is 14.9. The number of nitrogens with one attached hydrogen (secondary N) is 2. The molecule has 0 bridgehead atoms. The van der Waals surface area contributed by atoms with Crippen LogP contribution < -0.4 is 15.6 Å². The van der Waals surface area contributed by atoms with Crippen LogP contribution in [0.2, 0.25) is 0 Å². The average Bonchev–Trinajstić information content (AvgIpc) is 3.32. The van der Waals surface area contributed by atoms with Gasteiger partial charge in [0.05, 0.1) is 24.2 Å². The number of hydrogen-bond acceptors (Lipinski definition) is 6. The summed E-state index contributed by atoms with van der Waals surface area (Å²) >= 11 is 0. The second-order valence-electron chi connectivity index (χ2n) is 7.39. The number of hydrazine groups is 1. The van der Waals surface area contributed by atoms with E-state index in [2.05, 4.69) is 10.9 Å². The van der Waals surface area contributed by atoms with Gasteiger partial charge >= 0.3 is 0 Å². The fourth-order valence-corrected chi connectivity index (χ4v) is 4.24. The normalized spacial score (nSPS) is 12.2. The first-order chi connectivity index (χ1) is 16.2. The summed E-state index contributed by atoms with van der Waals surface area (Å²) in [5.41, 5.74) is 5.19. The Morgan fingerprint density at radius 1 is 1.06 bits per heavy atom. The van der Waals surface area contributed by atoms with E-state index in [1.165, 1.54) is 43.5 Å². The molecule has 1 atom stereocenters. The number of carbonyl (C=O) groups excluding carboxylic acids is 2. The first-order valence-electron chi connectivity index (χ1n) is 10.3. The van der Waals surface area contributed by atoms with E-state index in [9.17, 15) is 22.4 Å². The Morgan fingerprint density at radius 2 is 1.76 bits per heavy atom. The summed E-state index contributed by atoms with van der Waals surface area (Å²) in [4.78, 5) is 24.7. The van der Waals surface area contributed by atoms with Gasteiger partial charge in [0.1, 0.15) is 5.76 Å². The van der Waals surface area contributed by atoms with Crippen molar-refractivity contribution >= 4 is 21.8 Å². The number of halogens is 1. The van der Waals surface area contributed by atoms with Crippen molar-refractivity contribution in [2.24, 2.45) is 0 Å².